The molecule has 3 rings (SSSR count). The van der Waals surface area contributed by atoms with Gasteiger partial charge in [0.25, 0.3) is 0 Å². The Kier molecular flexibility index (Phi) is 6.43. The molecule has 0 aliphatic rings. The number of methoxy groups -OCH3 is 2. The number of allylic oxidation sites excluding steroid dienone is 1. The van der Waals surface area contributed by atoms with Crippen LogP contribution >= 0.6 is 11.8 Å². The highest BCUT2D eigenvalue weighted by molar-refractivity contribution is 8.00. The molecule has 0 aliphatic carbocycles. The molecule has 0 bridgehead atoms. The number of hydrogen-bond acceptors (Lipinski definition) is 7. The van der Waals surface area contributed by atoms with Gasteiger partial charge in [-0.2, -0.15) is 0 Å². The molecule has 0 spiro atoms. The molecule has 2 heterocycles. The maximum atomic E-state index is 13.0. The number of aromatic nitrogens is 3. The zero-order valence-corrected chi connectivity index (χ0v) is 17.7. The van der Waals surface area contributed by atoms with Gasteiger partial charge in [-0.05, 0) is 38.1 Å². The van der Waals surface area contributed by atoms with Crippen molar-refractivity contribution in [3.05, 3.63) is 54.5 Å². The summed E-state index contributed by atoms with van der Waals surface area (Å²) in [6.45, 7) is 8.06. The molecule has 1 unspecified atom stereocenters. The van der Waals surface area contributed by atoms with Crippen molar-refractivity contribution < 1.29 is 18.7 Å². The Morgan fingerprint density at radius 3 is 2.66 bits per heavy atom. The molecule has 0 aliphatic heterocycles. The summed E-state index contributed by atoms with van der Waals surface area (Å²) in [5.74, 6) is 2.50. The van der Waals surface area contributed by atoms with Crippen molar-refractivity contribution in [2.24, 2.45) is 0 Å². The van der Waals surface area contributed by atoms with Gasteiger partial charge in [-0.25, -0.2) is 0 Å². The lowest BCUT2D eigenvalue weighted by atomic mass is 10.1. The van der Waals surface area contributed by atoms with Gasteiger partial charge in [0.1, 0.15) is 5.76 Å². The number of rotatable bonds is 9. The lowest BCUT2D eigenvalue weighted by Crippen LogP contribution is -2.15. The van der Waals surface area contributed by atoms with Gasteiger partial charge in [0.2, 0.25) is 0 Å². The third-order valence-corrected chi connectivity index (χ3v) is 5.53. The van der Waals surface area contributed by atoms with Crippen molar-refractivity contribution in [1.29, 1.82) is 0 Å². The van der Waals surface area contributed by atoms with E-state index in [-0.39, 0.29) is 11.0 Å². The fourth-order valence-corrected chi connectivity index (χ4v) is 3.86. The van der Waals surface area contributed by atoms with E-state index in [4.69, 9.17) is 13.9 Å². The Hall–Kier alpha value is -3.00. The van der Waals surface area contributed by atoms with E-state index in [0.717, 1.165) is 11.3 Å². The number of benzene rings is 1. The van der Waals surface area contributed by atoms with Gasteiger partial charge in [-0.1, -0.05) is 17.8 Å². The highest BCUT2D eigenvalue weighted by Crippen LogP contribution is 2.32. The molecule has 1 aromatic carbocycles. The van der Waals surface area contributed by atoms with Crippen LogP contribution in [0.5, 0.6) is 11.5 Å². The number of carbonyl (C=O) groups excluding carboxylic acids is 1. The summed E-state index contributed by atoms with van der Waals surface area (Å²) in [4.78, 5) is 13.0. The van der Waals surface area contributed by atoms with Crippen LogP contribution in [0.3, 0.4) is 0 Å². The largest absolute Gasteiger partial charge is 0.493 e. The lowest BCUT2D eigenvalue weighted by molar-refractivity contribution is 0.0993. The number of aryl methyl sites for hydroxylation is 1. The minimum absolute atomic E-state index is 0.0369. The zero-order valence-electron chi connectivity index (χ0n) is 16.8. The lowest BCUT2D eigenvalue weighted by Gasteiger charge is -2.13. The predicted molar refractivity (Wildman–Crippen MR) is 112 cm³/mol. The second-order valence-corrected chi connectivity index (χ2v) is 7.60. The number of nitrogens with zero attached hydrogens (tertiary/aromatic N) is 3. The third-order valence-electron chi connectivity index (χ3n) is 4.45. The summed E-state index contributed by atoms with van der Waals surface area (Å²) in [6, 6.07) is 7.00. The summed E-state index contributed by atoms with van der Waals surface area (Å²) >= 11 is 1.35. The van der Waals surface area contributed by atoms with Gasteiger partial charge in [-0.15, -0.1) is 16.8 Å². The predicted octanol–water partition coefficient (Wildman–Crippen LogP) is 4.41. The third kappa shape index (κ3) is 4.22. The van der Waals surface area contributed by atoms with Crippen LogP contribution in [-0.4, -0.2) is 40.0 Å². The number of thioether (sulfide) groups is 1. The summed E-state index contributed by atoms with van der Waals surface area (Å²) in [5, 5.41) is 8.87. The van der Waals surface area contributed by atoms with Crippen molar-refractivity contribution in [3.63, 3.8) is 0 Å². The Morgan fingerprint density at radius 1 is 1.28 bits per heavy atom. The molecule has 2 aromatic heterocycles. The summed E-state index contributed by atoms with van der Waals surface area (Å²) in [5.41, 5.74) is 1.41. The van der Waals surface area contributed by atoms with Crippen LogP contribution in [0.15, 0.2) is 52.8 Å². The van der Waals surface area contributed by atoms with Crippen LogP contribution in [0.4, 0.5) is 0 Å². The van der Waals surface area contributed by atoms with Crippen molar-refractivity contribution in [1.82, 2.24) is 14.8 Å². The van der Waals surface area contributed by atoms with Crippen molar-refractivity contribution >= 4 is 17.5 Å². The fourth-order valence-electron chi connectivity index (χ4n) is 2.92. The molecule has 0 saturated heterocycles. The number of hydrogen-bond donors (Lipinski definition) is 0. The smallest absolute Gasteiger partial charge is 0.192 e. The van der Waals surface area contributed by atoms with Crippen molar-refractivity contribution in [2.75, 3.05) is 14.2 Å². The Bertz CT molecular complexity index is 1020. The van der Waals surface area contributed by atoms with Crippen molar-refractivity contribution in [2.45, 2.75) is 30.8 Å². The van der Waals surface area contributed by atoms with Crippen LogP contribution < -0.4 is 9.47 Å². The molecular formula is C21H23N3O4S. The first-order chi connectivity index (χ1) is 14.0. The first kappa shape index (κ1) is 20.7. The van der Waals surface area contributed by atoms with Crippen molar-refractivity contribution in [3.8, 4) is 22.9 Å². The molecule has 7 nitrogen and oxygen atoms in total. The van der Waals surface area contributed by atoms with E-state index in [1.54, 1.807) is 44.8 Å². The molecule has 0 amide bonds. The quantitative estimate of drug-likeness (QED) is 0.292. The van der Waals surface area contributed by atoms with Crippen LogP contribution in [0.2, 0.25) is 0 Å². The topological polar surface area (TPSA) is 79.4 Å². The average Bonchev–Trinajstić information content (AvgIpc) is 3.32. The Labute approximate surface area is 173 Å². The minimum atomic E-state index is -0.376. The van der Waals surface area contributed by atoms with Crippen LogP contribution in [-0.2, 0) is 6.54 Å². The highest BCUT2D eigenvalue weighted by atomic mass is 32.2. The van der Waals surface area contributed by atoms with Gasteiger partial charge in [0.05, 0.1) is 31.3 Å². The SMILES string of the molecule is C=CCn1c(SC(C)C(=O)c2ccc(OC)c(OC)c2)nnc1-c1ccoc1C. The maximum Gasteiger partial charge on any atom is 0.192 e. The molecule has 8 heteroatoms. The number of ketones is 1. The molecule has 29 heavy (non-hydrogen) atoms. The van der Waals surface area contributed by atoms with Gasteiger partial charge in [0.15, 0.2) is 28.3 Å². The van der Waals surface area contributed by atoms with Crippen LogP contribution in [0.25, 0.3) is 11.4 Å². The fraction of sp³-hybridized carbons (Fsp3) is 0.286. The highest BCUT2D eigenvalue weighted by Gasteiger charge is 2.23. The van der Waals surface area contributed by atoms with E-state index in [1.165, 1.54) is 11.8 Å². The van der Waals surface area contributed by atoms with Crippen LogP contribution in [0, 0.1) is 6.92 Å². The number of ether oxygens (including phenoxy) is 2. The molecule has 152 valence electrons. The van der Waals surface area contributed by atoms with E-state index >= 15 is 0 Å². The Balaban J connectivity index is 1.86. The van der Waals surface area contributed by atoms with Gasteiger partial charge in [-0.3, -0.25) is 9.36 Å². The summed E-state index contributed by atoms with van der Waals surface area (Å²) in [6.07, 6.45) is 3.39. The van der Waals surface area contributed by atoms with Gasteiger partial charge >= 0.3 is 0 Å². The van der Waals surface area contributed by atoms with Crippen LogP contribution in [0.1, 0.15) is 23.0 Å². The second-order valence-electron chi connectivity index (χ2n) is 6.29. The standard InChI is InChI=1S/C21H23N3O4S/c1-6-10-24-20(16-9-11-28-13(16)2)22-23-21(24)29-14(3)19(25)15-7-8-17(26-4)18(12-15)27-5/h6-9,11-12,14H,1,10H2,2-5H3. The summed E-state index contributed by atoms with van der Waals surface area (Å²) < 4.78 is 17.9. The second kappa shape index (κ2) is 9.00. The molecular weight excluding hydrogens is 390 g/mol. The average molecular weight is 413 g/mol. The van der Waals surface area contributed by atoms with Gasteiger partial charge < -0.3 is 13.9 Å². The number of carbonyl (C=O) groups is 1. The molecule has 3 aromatic rings. The molecule has 1 atom stereocenters. The van der Waals surface area contributed by atoms with E-state index in [1.807, 2.05) is 24.5 Å². The van der Waals surface area contributed by atoms with E-state index < -0.39 is 0 Å². The van der Waals surface area contributed by atoms with E-state index in [2.05, 4.69) is 16.8 Å². The normalized spacial score (nSPS) is 11.9. The first-order valence-electron chi connectivity index (χ1n) is 9.01. The van der Waals surface area contributed by atoms with E-state index in [0.29, 0.717) is 34.6 Å². The Morgan fingerprint density at radius 2 is 2.03 bits per heavy atom. The number of Topliss-reactive ketones (excluding diaryl/α,β-unsaturated/α-hetero) is 1. The minimum Gasteiger partial charge on any atom is -0.493 e. The van der Waals surface area contributed by atoms with E-state index in [9.17, 15) is 4.79 Å². The monoisotopic (exact) mass is 413 g/mol. The number of furan rings is 1. The summed E-state index contributed by atoms with van der Waals surface area (Å²) in [7, 11) is 3.10. The van der Waals surface area contributed by atoms with Gasteiger partial charge in [0, 0.05) is 12.1 Å². The molecule has 0 saturated carbocycles. The molecule has 0 radical (unpaired) electrons. The first-order valence-corrected chi connectivity index (χ1v) is 9.89. The zero-order chi connectivity index (χ0) is 21.0. The molecule has 0 fully saturated rings. The maximum absolute atomic E-state index is 13.0. The molecule has 0 N–H and O–H groups in total.